The van der Waals surface area contributed by atoms with E-state index in [1.165, 1.54) is 0 Å². The van der Waals surface area contributed by atoms with Gasteiger partial charge in [0.1, 0.15) is 7.14 Å². The molecule has 0 spiro atoms. The summed E-state index contributed by atoms with van der Waals surface area (Å²) in [6.07, 6.45) is 0. The van der Waals surface area contributed by atoms with Gasteiger partial charge in [0.15, 0.2) is 0 Å². The number of hydrogen-bond acceptors (Lipinski definition) is 1. The molecular weight excluding hydrogens is 286 g/mol. The molecule has 0 N–H and O–H groups in total. The largest absolute Gasteiger partial charge is 0.317 e. The maximum atomic E-state index is 13.5. The van der Waals surface area contributed by atoms with E-state index in [4.69, 9.17) is 23.2 Å². The molecule has 1 saturated heterocycles. The summed E-state index contributed by atoms with van der Waals surface area (Å²) in [6, 6.07) is 5.39. The lowest BCUT2D eigenvalue weighted by Gasteiger charge is -2.63. The lowest BCUT2D eigenvalue weighted by atomic mass is 9.83. The number of benzene rings is 1. The zero-order valence-corrected chi connectivity index (χ0v) is 13.8. The second kappa shape index (κ2) is 4.01. The highest BCUT2D eigenvalue weighted by molar-refractivity contribution is 7.76. The summed E-state index contributed by atoms with van der Waals surface area (Å²) in [5.74, 6) is 0.408. The van der Waals surface area contributed by atoms with Crippen molar-refractivity contribution in [2.75, 3.05) is 0 Å². The van der Waals surface area contributed by atoms with E-state index in [2.05, 4.69) is 34.6 Å². The van der Waals surface area contributed by atoms with Crippen LogP contribution in [0.5, 0.6) is 0 Å². The Labute approximate surface area is 119 Å². The minimum Gasteiger partial charge on any atom is -0.317 e. The Morgan fingerprint density at radius 3 is 2.00 bits per heavy atom. The standard InChI is InChI=1S/C14H19Cl2OP/c1-9-13(2,3)18(17,14(9,4)5)10-6-7-11(15)12(16)8-10/h6-9H,1-5H3. The molecule has 0 aromatic heterocycles. The number of hydrogen-bond donors (Lipinski definition) is 0. The summed E-state index contributed by atoms with van der Waals surface area (Å²) in [5, 5.41) is 1.47. The molecule has 0 saturated carbocycles. The topological polar surface area (TPSA) is 17.1 Å². The normalized spacial score (nSPS) is 32.9. The van der Waals surface area contributed by atoms with E-state index in [1.807, 2.05) is 6.07 Å². The summed E-state index contributed by atoms with van der Waals surface area (Å²) in [4.78, 5) is 0. The fraction of sp³-hybridized carbons (Fsp3) is 0.571. The molecule has 0 aliphatic carbocycles. The van der Waals surface area contributed by atoms with Crippen molar-refractivity contribution >= 4 is 35.6 Å². The first-order chi connectivity index (χ1) is 8.06. The molecule has 0 unspecified atom stereocenters. The highest BCUT2D eigenvalue weighted by Crippen LogP contribution is 2.81. The molecule has 1 heterocycles. The van der Waals surface area contributed by atoms with Crippen molar-refractivity contribution in [3.63, 3.8) is 0 Å². The third-order valence-electron chi connectivity index (χ3n) is 5.01. The van der Waals surface area contributed by atoms with Crippen molar-refractivity contribution in [1.82, 2.24) is 0 Å². The van der Waals surface area contributed by atoms with Crippen molar-refractivity contribution in [3.8, 4) is 0 Å². The van der Waals surface area contributed by atoms with Crippen molar-refractivity contribution in [2.45, 2.75) is 44.9 Å². The van der Waals surface area contributed by atoms with Crippen LogP contribution in [-0.4, -0.2) is 10.3 Å². The molecular formula is C14H19Cl2OP. The van der Waals surface area contributed by atoms with Crippen molar-refractivity contribution < 1.29 is 4.57 Å². The molecule has 1 fully saturated rings. The lowest BCUT2D eigenvalue weighted by Crippen LogP contribution is -2.60. The highest BCUT2D eigenvalue weighted by atomic mass is 35.5. The highest BCUT2D eigenvalue weighted by Gasteiger charge is 2.68. The molecule has 1 aromatic rings. The summed E-state index contributed by atoms with van der Waals surface area (Å²) >= 11 is 12.0. The summed E-state index contributed by atoms with van der Waals surface area (Å²) < 4.78 is 13.5. The van der Waals surface area contributed by atoms with E-state index in [0.717, 1.165) is 5.30 Å². The van der Waals surface area contributed by atoms with Crippen molar-refractivity contribution in [3.05, 3.63) is 28.2 Å². The van der Waals surface area contributed by atoms with E-state index in [1.54, 1.807) is 12.1 Å². The lowest BCUT2D eigenvalue weighted by molar-refractivity contribution is 0.276. The zero-order chi connectivity index (χ0) is 13.9. The fourth-order valence-corrected chi connectivity index (χ4v) is 8.75. The van der Waals surface area contributed by atoms with Gasteiger partial charge in [-0.1, -0.05) is 57.8 Å². The third-order valence-corrected chi connectivity index (χ3v) is 10.8. The average molecular weight is 305 g/mol. The van der Waals surface area contributed by atoms with Crippen LogP contribution in [0.2, 0.25) is 10.0 Å². The van der Waals surface area contributed by atoms with Crippen LogP contribution >= 0.6 is 30.3 Å². The Kier molecular flexibility index (Phi) is 3.22. The monoisotopic (exact) mass is 304 g/mol. The van der Waals surface area contributed by atoms with Crippen LogP contribution in [0.4, 0.5) is 0 Å². The third kappa shape index (κ3) is 1.51. The van der Waals surface area contributed by atoms with Crippen LogP contribution in [-0.2, 0) is 4.57 Å². The number of halogens is 2. The van der Waals surface area contributed by atoms with Gasteiger partial charge in [-0.3, -0.25) is 0 Å². The predicted octanol–water partition coefficient (Wildman–Crippen LogP) is 5.19. The van der Waals surface area contributed by atoms with Gasteiger partial charge >= 0.3 is 0 Å². The van der Waals surface area contributed by atoms with Gasteiger partial charge in [0.05, 0.1) is 10.0 Å². The zero-order valence-electron chi connectivity index (χ0n) is 11.4. The van der Waals surface area contributed by atoms with E-state index < -0.39 is 7.14 Å². The summed E-state index contributed by atoms with van der Waals surface area (Å²) in [5.41, 5.74) is 0. The summed E-state index contributed by atoms with van der Waals surface area (Å²) in [6.45, 7) is 10.5. The van der Waals surface area contributed by atoms with Gasteiger partial charge in [-0.2, -0.15) is 0 Å². The fourth-order valence-electron chi connectivity index (χ4n) is 3.43. The second-order valence-electron chi connectivity index (χ2n) is 6.24. The Bertz CT molecular complexity index is 529. The van der Waals surface area contributed by atoms with Gasteiger partial charge in [0.2, 0.25) is 0 Å². The Morgan fingerprint density at radius 2 is 1.56 bits per heavy atom. The van der Waals surface area contributed by atoms with Gasteiger partial charge in [0.25, 0.3) is 0 Å². The van der Waals surface area contributed by atoms with Crippen LogP contribution in [0.15, 0.2) is 18.2 Å². The molecule has 1 aliphatic heterocycles. The van der Waals surface area contributed by atoms with Gasteiger partial charge in [-0.15, -0.1) is 0 Å². The van der Waals surface area contributed by atoms with E-state index in [9.17, 15) is 4.57 Å². The van der Waals surface area contributed by atoms with Gasteiger partial charge in [-0.25, -0.2) is 0 Å². The smallest absolute Gasteiger partial charge is 0.126 e. The van der Waals surface area contributed by atoms with Gasteiger partial charge in [0, 0.05) is 15.6 Å². The van der Waals surface area contributed by atoms with Gasteiger partial charge in [-0.05, 0) is 24.1 Å². The Hall–Kier alpha value is 0.0300. The molecule has 1 aliphatic rings. The predicted molar refractivity (Wildman–Crippen MR) is 81.0 cm³/mol. The van der Waals surface area contributed by atoms with Crippen LogP contribution < -0.4 is 5.30 Å². The number of rotatable bonds is 1. The molecule has 0 atom stereocenters. The quantitative estimate of drug-likeness (QED) is 0.653. The maximum absolute atomic E-state index is 13.5. The Balaban J connectivity index is 2.62. The molecule has 0 bridgehead atoms. The second-order valence-corrected chi connectivity index (χ2v) is 11.1. The average Bonchev–Trinajstić information content (AvgIpc) is 2.29. The van der Waals surface area contributed by atoms with Crippen molar-refractivity contribution in [1.29, 1.82) is 0 Å². The van der Waals surface area contributed by atoms with Crippen LogP contribution in [0.25, 0.3) is 0 Å². The Morgan fingerprint density at radius 1 is 1.06 bits per heavy atom. The first-order valence-electron chi connectivity index (χ1n) is 6.12. The first-order valence-corrected chi connectivity index (χ1v) is 8.59. The molecule has 4 heteroatoms. The van der Waals surface area contributed by atoms with E-state index in [0.29, 0.717) is 16.0 Å². The first kappa shape index (κ1) is 14.4. The maximum Gasteiger partial charge on any atom is 0.126 e. The van der Waals surface area contributed by atoms with Crippen LogP contribution in [0.1, 0.15) is 34.6 Å². The van der Waals surface area contributed by atoms with E-state index in [-0.39, 0.29) is 10.3 Å². The van der Waals surface area contributed by atoms with Crippen LogP contribution in [0, 0.1) is 5.92 Å². The van der Waals surface area contributed by atoms with Crippen molar-refractivity contribution in [2.24, 2.45) is 5.92 Å². The minimum atomic E-state index is -2.50. The SMILES string of the molecule is CC1C(C)(C)P(=O)(c2ccc(Cl)c(Cl)c2)C1(C)C. The summed E-state index contributed by atoms with van der Waals surface area (Å²) in [7, 11) is -2.50. The molecule has 100 valence electrons. The van der Waals surface area contributed by atoms with Crippen LogP contribution in [0.3, 0.4) is 0 Å². The molecule has 1 nitrogen and oxygen atoms in total. The molecule has 2 rings (SSSR count). The van der Waals surface area contributed by atoms with E-state index >= 15 is 0 Å². The molecule has 1 aromatic carbocycles. The van der Waals surface area contributed by atoms with Gasteiger partial charge < -0.3 is 4.57 Å². The molecule has 0 amide bonds. The molecule has 0 radical (unpaired) electrons. The molecule has 18 heavy (non-hydrogen) atoms. The minimum absolute atomic E-state index is 0.187.